The lowest BCUT2D eigenvalue weighted by Gasteiger charge is -2.43. The van der Waals surface area contributed by atoms with Crippen molar-refractivity contribution in [2.24, 2.45) is 0 Å². The van der Waals surface area contributed by atoms with E-state index in [2.05, 4.69) is 5.32 Å². The number of hydrogen-bond donors (Lipinski definition) is 5. The number of hydrogen-bond acceptors (Lipinski definition) is 6. The summed E-state index contributed by atoms with van der Waals surface area (Å²) in [5.41, 5.74) is 2.52. The normalized spacial score (nSPS) is 25.4. The first-order valence-corrected chi connectivity index (χ1v) is 9.29. The van der Waals surface area contributed by atoms with Gasteiger partial charge in [-0.25, -0.2) is 0 Å². The van der Waals surface area contributed by atoms with Crippen LogP contribution in [0.15, 0.2) is 54.6 Å². The zero-order chi connectivity index (χ0) is 20.1. The SMILES string of the molecule is O=C(Cc1ccccc1)Nc1ccc(CN2C[C@H](O)[C@@H](O)[C@H](O)[C@@H]2CO)cc1. The second-order valence-electron chi connectivity index (χ2n) is 7.14. The highest BCUT2D eigenvalue weighted by atomic mass is 16.4. The van der Waals surface area contributed by atoms with Crippen LogP contribution >= 0.6 is 0 Å². The molecule has 2 aromatic rings. The maximum Gasteiger partial charge on any atom is 0.228 e. The Balaban J connectivity index is 1.58. The molecule has 1 amide bonds. The molecule has 0 unspecified atom stereocenters. The zero-order valence-corrected chi connectivity index (χ0v) is 15.5. The van der Waals surface area contributed by atoms with Crippen molar-refractivity contribution in [2.45, 2.75) is 37.3 Å². The van der Waals surface area contributed by atoms with Crippen molar-refractivity contribution >= 4 is 11.6 Å². The fraction of sp³-hybridized carbons (Fsp3) is 0.381. The zero-order valence-electron chi connectivity index (χ0n) is 15.5. The minimum absolute atomic E-state index is 0.101. The van der Waals surface area contributed by atoms with Gasteiger partial charge >= 0.3 is 0 Å². The van der Waals surface area contributed by atoms with Crippen molar-refractivity contribution in [3.8, 4) is 0 Å². The molecule has 1 aliphatic heterocycles. The third-order valence-corrected chi connectivity index (χ3v) is 5.05. The van der Waals surface area contributed by atoms with E-state index in [-0.39, 0.29) is 19.1 Å². The molecule has 0 aromatic heterocycles. The largest absolute Gasteiger partial charge is 0.395 e. The van der Waals surface area contributed by atoms with E-state index in [1.807, 2.05) is 42.5 Å². The molecule has 0 bridgehead atoms. The van der Waals surface area contributed by atoms with Crippen molar-refractivity contribution in [2.75, 3.05) is 18.5 Å². The Hall–Kier alpha value is -2.29. The third kappa shape index (κ3) is 4.95. The lowest BCUT2D eigenvalue weighted by atomic mass is 9.93. The van der Waals surface area contributed by atoms with Gasteiger partial charge in [0.25, 0.3) is 0 Å². The summed E-state index contributed by atoms with van der Waals surface area (Å²) >= 11 is 0. The fourth-order valence-corrected chi connectivity index (χ4v) is 3.47. The highest BCUT2D eigenvalue weighted by Gasteiger charge is 2.40. The van der Waals surface area contributed by atoms with Crippen LogP contribution in [-0.4, -0.2) is 68.7 Å². The number of β-amino-alcohol motifs (C(OH)–C–C–N with tert-alkyl or cyclic N) is 1. The van der Waals surface area contributed by atoms with Crippen molar-refractivity contribution in [3.05, 3.63) is 65.7 Å². The van der Waals surface area contributed by atoms with E-state index < -0.39 is 24.4 Å². The van der Waals surface area contributed by atoms with Gasteiger partial charge in [-0.2, -0.15) is 0 Å². The summed E-state index contributed by atoms with van der Waals surface area (Å²) in [6.45, 7) is 0.224. The quantitative estimate of drug-likeness (QED) is 0.482. The van der Waals surface area contributed by atoms with E-state index in [4.69, 9.17) is 0 Å². The van der Waals surface area contributed by atoms with Crippen molar-refractivity contribution < 1.29 is 25.2 Å². The number of carbonyl (C=O) groups excluding carboxylic acids is 1. The minimum atomic E-state index is -1.27. The summed E-state index contributed by atoms with van der Waals surface area (Å²) < 4.78 is 0. The van der Waals surface area contributed by atoms with Crippen LogP contribution in [0.3, 0.4) is 0 Å². The topological polar surface area (TPSA) is 113 Å². The van der Waals surface area contributed by atoms with Gasteiger partial charge in [0, 0.05) is 18.8 Å². The number of nitrogens with zero attached hydrogens (tertiary/aromatic N) is 1. The van der Waals surface area contributed by atoms with Crippen LogP contribution in [0, 0.1) is 0 Å². The number of nitrogens with one attached hydrogen (secondary N) is 1. The number of aliphatic hydroxyl groups is 4. The van der Waals surface area contributed by atoms with Crippen molar-refractivity contribution in [3.63, 3.8) is 0 Å². The van der Waals surface area contributed by atoms with Crippen LogP contribution in [0.25, 0.3) is 0 Å². The monoisotopic (exact) mass is 386 g/mol. The number of aliphatic hydroxyl groups excluding tert-OH is 4. The molecule has 0 radical (unpaired) electrons. The van der Waals surface area contributed by atoms with Crippen LogP contribution in [0.2, 0.25) is 0 Å². The summed E-state index contributed by atoms with van der Waals surface area (Å²) in [7, 11) is 0. The lowest BCUT2D eigenvalue weighted by Crippen LogP contribution is -2.62. The van der Waals surface area contributed by atoms with Gasteiger partial charge in [0.05, 0.1) is 25.2 Å². The Morgan fingerprint density at radius 3 is 2.29 bits per heavy atom. The standard InChI is InChI=1S/C21H26N2O5/c24-13-17-20(27)21(28)18(25)12-23(17)11-15-6-8-16(9-7-15)22-19(26)10-14-4-2-1-3-5-14/h1-9,17-18,20-21,24-25,27-28H,10-13H2,(H,22,26)/t17-,18-,20+,21+/m0/s1. The highest BCUT2D eigenvalue weighted by molar-refractivity contribution is 5.92. The highest BCUT2D eigenvalue weighted by Crippen LogP contribution is 2.22. The lowest BCUT2D eigenvalue weighted by molar-refractivity contribution is -0.147. The molecule has 0 aliphatic carbocycles. The van der Waals surface area contributed by atoms with Gasteiger partial charge in [-0.15, -0.1) is 0 Å². The number of carbonyl (C=O) groups is 1. The van der Waals surface area contributed by atoms with E-state index in [9.17, 15) is 25.2 Å². The summed E-state index contributed by atoms with van der Waals surface area (Å²) in [5, 5.41) is 42.1. The van der Waals surface area contributed by atoms with E-state index >= 15 is 0 Å². The number of benzene rings is 2. The summed E-state index contributed by atoms with van der Waals surface area (Å²) in [6, 6.07) is 16.1. The van der Waals surface area contributed by atoms with Gasteiger partial charge in [0.1, 0.15) is 12.2 Å². The average Bonchev–Trinajstić information content (AvgIpc) is 2.69. The molecule has 3 rings (SSSR count). The molecule has 1 fully saturated rings. The van der Waals surface area contributed by atoms with Crippen LogP contribution in [0.5, 0.6) is 0 Å². The summed E-state index contributed by atoms with van der Waals surface area (Å²) in [4.78, 5) is 13.9. The molecule has 7 nitrogen and oxygen atoms in total. The van der Waals surface area contributed by atoms with Gasteiger partial charge in [-0.05, 0) is 23.3 Å². The van der Waals surface area contributed by atoms with Gasteiger partial charge in [0.15, 0.2) is 0 Å². The van der Waals surface area contributed by atoms with Crippen LogP contribution in [-0.2, 0) is 17.8 Å². The molecule has 1 aliphatic rings. The molecule has 0 spiro atoms. The maximum absolute atomic E-state index is 12.1. The Morgan fingerprint density at radius 2 is 1.64 bits per heavy atom. The van der Waals surface area contributed by atoms with Crippen molar-refractivity contribution in [1.29, 1.82) is 0 Å². The number of anilines is 1. The van der Waals surface area contributed by atoms with Gasteiger partial charge < -0.3 is 25.7 Å². The van der Waals surface area contributed by atoms with Crippen LogP contribution in [0.1, 0.15) is 11.1 Å². The molecule has 7 heteroatoms. The molecule has 150 valence electrons. The van der Waals surface area contributed by atoms with Crippen LogP contribution in [0.4, 0.5) is 5.69 Å². The molecule has 1 saturated heterocycles. The molecular weight excluding hydrogens is 360 g/mol. The summed E-state index contributed by atoms with van der Waals surface area (Å²) in [6.07, 6.45) is -3.26. The van der Waals surface area contributed by atoms with E-state index in [0.29, 0.717) is 18.7 Å². The molecule has 1 heterocycles. The second-order valence-corrected chi connectivity index (χ2v) is 7.14. The number of rotatable bonds is 6. The number of piperidine rings is 1. The van der Waals surface area contributed by atoms with Gasteiger partial charge in [0.2, 0.25) is 5.91 Å². The van der Waals surface area contributed by atoms with Crippen LogP contribution < -0.4 is 5.32 Å². The Kier molecular flexibility index (Phi) is 6.77. The van der Waals surface area contributed by atoms with Gasteiger partial charge in [-0.3, -0.25) is 9.69 Å². The molecule has 0 saturated carbocycles. The van der Waals surface area contributed by atoms with E-state index in [0.717, 1.165) is 11.1 Å². The smallest absolute Gasteiger partial charge is 0.228 e. The predicted octanol–water partition coefficient (Wildman–Crippen LogP) is 0.127. The fourth-order valence-electron chi connectivity index (χ4n) is 3.47. The van der Waals surface area contributed by atoms with E-state index in [1.54, 1.807) is 17.0 Å². The Labute approximate surface area is 163 Å². The molecule has 4 atom stereocenters. The number of amides is 1. The molecule has 2 aromatic carbocycles. The second kappa shape index (κ2) is 9.27. The third-order valence-electron chi connectivity index (χ3n) is 5.05. The van der Waals surface area contributed by atoms with E-state index in [1.165, 1.54) is 0 Å². The Bertz CT molecular complexity index is 768. The van der Waals surface area contributed by atoms with Gasteiger partial charge in [-0.1, -0.05) is 42.5 Å². The molecular formula is C21H26N2O5. The predicted molar refractivity (Wildman–Crippen MR) is 105 cm³/mol. The number of likely N-dealkylation sites (tertiary alicyclic amines) is 1. The first-order valence-electron chi connectivity index (χ1n) is 9.29. The minimum Gasteiger partial charge on any atom is -0.395 e. The first kappa shape index (κ1) is 20.4. The molecule has 28 heavy (non-hydrogen) atoms. The van der Waals surface area contributed by atoms with Crippen molar-refractivity contribution in [1.82, 2.24) is 4.90 Å². The first-order chi connectivity index (χ1) is 13.5. The summed E-state index contributed by atoms with van der Waals surface area (Å²) in [5.74, 6) is -0.101. The average molecular weight is 386 g/mol. The maximum atomic E-state index is 12.1. The Morgan fingerprint density at radius 1 is 0.964 bits per heavy atom. The molecule has 5 N–H and O–H groups in total.